The van der Waals surface area contributed by atoms with Gasteiger partial charge in [-0.2, -0.15) is 0 Å². The molecule has 0 unspecified atom stereocenters. The monoisotopic (exact) mass is 505 g/mol. The summed E-state index contributed by atoms with van der Waals surface area (Å²) < 4.78 is 26.2. The Morgan fingerprint density at radius 2 is 1.79 bits per heavy atom. The van der Waals surface area contributed by atoms with Crippen molar-refractivity contribution in [3.8, 4) is 0 Å². The van der Waals surface area contributed by atoms with E-state index in [0.717, 1.165) is 16.3 Å². The molecule has 3 rings (SSSR count). The van der Waals surface area contributed by atoms with Crippen molar-refractivity contribution >= 4 is 39.3 Å². The van der Waals surface area contributed by atoms with Crippen molar-refractivity contribution in [1.29, 1.82) is 0 Å². The molecule has 2 aromatic rings. The number of benzene rings is 2. The molecule has 1 aliphatic rings. The summed E-state index contributed by atoms with van der Waals surface area (Å²) in [6, 6.07) is 12.3. The second kappa shape index (κ2) is 11.0. The van der Waals surface area contributed by atoms with E-state index >= 15 is 0 Å². The van der Waals surface area contributed by atoms with E-state index in [9.17, 15) is 22.8 Å². The molecule has 34 heavy (non-hydrogen) atoms. The molecule has 0 bridgehead atoms. The van der Waals surface area contributed by atoms with E-state index < -0.39 is 22.0 Å². The van der Waals surface area contributed by atoms with Crippen LogP contribution in [0, 0.1) is 0 Å². The lowest BCUT2D eigenvalue weighted by atomic mass is 10.1. The smallest absolute Gasteiger partial charge is 0.269 e. The first-order chi connectivity index (χ1) is 16.2. The van der Waals surface area contributed by atoms with Crippen LogP contribution in [0.15, 0.2) is 53.4 Å². The van der Waals surface area contributed by atoms with Crippen LogP contribution in [0.5, 0.6) is 0 Å². The number of hydrogen-bond acceptors (Lipinski definition) is 5. The zero-order valence-corrected chi connectivity index (χ0v) is 20.7. The third kappa shape index (κ3) is 5.59. The number of halogens is 1. The van der Waals surface area contributed by atoms with Crippen molar-refractivity contribution in [1.82, 2.24) is 14.5 Å². The zero-order chi connectivity index (χ0) is 24.9. The Labute approximate surface area is 204 Å². The van der Waals surface area contributed by atoms with Crippen LogP contribution in [-0.2, 0) is 26.2 Å². The normalized spacial score (nSPS) is 15.0. The van der Waals surface area contributed by atoms with Crippen molar-refractivity contribution in [3.63, 3.8) is 0 Å². The summed E-state index contributed by atoms with van der Waals surface area (Å²) in [7, 11) is -3.92. The zero-order valence-electron chi connectivity index (χ0n) is 19.2. The Kier molecular flexibility index (Phi) is 8.33. The molecule has 10 heteroatoms. The maximum atomic E-state index is 13.1. The highest BCUT2D eigenvalue weighted by atomic mass is 35.5. The molecule has 1 aliphatic heterocycles. The first-order valence-corrected chi connectivity index (χ1v) is 13.0. The molecule has 1 heterocycles. The Bertz CT molecular complexity index is 1170. The fourth-order valence-electron chi connectivity index (χ4n) is 3.73. The molecule has 0 radical (unpaired) electrons. The van der Waals surface area contributed by atoms with E-state index in [0.29, 0.717) is 11.6 Å². The number of rotatable bonds is 10. The lowest BCUT2D eigenvalue weighted by Gasteiger charge is -2.29. The van der Waals surface area contributed by atoms with Gasteiger partial charge in [0.15, 0.2) is 0 Å². The van der Waals surface area contributed by atoms with Crippen molar-refractivity contribution in [2.45, 2.75) is 50.6 Å². The molecule has 0 fully saturated rings. The van der Waals surface area contributed by atoms with Crippen molar-refractivity contribution in [3.05, 3.63) is 64.7 Å². The minimum absolute atomic E-state index is 0.0168. The van der Waals surface area contributed by atoms with Crippen LogP contribution in [0.1, 0.15) is 49.0 Å². The molecule has 3 amide bonds. The standard InChI is InChI=1S/C24H28ClN3O5S/c1-3-14-26-23(30)17(2)27(16-18-10-12-19(25)13-11-18)22(29)9-6-15-28-24(31)20-7-4-5-8-21(20)34(28,32)33/h4-5,7-8,10-13,17H,3,6,9,14-16H2,1-2H3,(H,26,30)/t17-/m0/s1. The SMILES string of the molecule is CCCNC(=O)[C@H](C)N(Cc1ccc(Cl)cc1)C(=O)CCCN1C(=O)c2ccccc2S1(=O)=O. The summed E-state index contributed by atoms with van der Waals surface area (Å²) in [5.74, 6) is -1.17. The summed E-state index contributed by atoms with van der Waals surface area (Å²) in [6.45, 7) is 4.18. The number of amides is 3. The fourth-order valence-corrected chi connectivity index (χ4v) is 5.47. The van der Waals surface area contributed by atoms with Gasteiger partial charge in [-0.25, -0.2) is 12.7 Å². The predicted octanol–water partition coefficient (Wildman–Crippen LogP) is 3.21. The molecule has 8 nitrogen and oxygen atoms in total. The first-order valence-electron chi connectivity index (χ1n) is 11.1. The summed E-state index contributed by atoms with van der Waals surface area (Å²) in [5, 5.41) is 3.37. The summed E-state index contributed by atoms with van der Waals surface area (Å²) >= 11 is 5.95. The highest BCUT2D eigenvalue weighted by Gasteiger charge is 2.40. The molecule has 0 saturated carbocycles. The highest BCUT2D eigenvalue weighted by molar-refractivity contribution is 7.90. The quantitative estimate of drug-likeness (QED) is 0.534. The molecular formula is C24H28ClN3O5S. The van der Waals surface area contributed by atoms with Gasteiger partial charge in [-0.3, -0.25) is 14.4 Å². The van der Waals surface area contributed by atoms with Crippen LogP contribution in [0.4, 0.5) is 0 Å². The number of carbonyl (C=O) groups is 3. The summed E-state index contributed by atoms with van der Waals surface area (Å²) in [4.78, 5) is 39.7. The molecule has 0 aliphatic carbocycles. The van der Waals surface area contributed by atoms with Crippen LogP contribution >= 0.6 is 11.6 Å². The van der Waals surface area contributed by atoms with Gasteiger partial charge in [-0.1, -0.05) is 42.8 Å². The van der Waals surface area contributed by atoms with Gasteiger partial charge in [0.25, 0.3) is 15.9 Å². The average Bonchev–Trinajstić information content (AvgIpc) is 3.02. The summed E-state index contributed by atoms with van der Waals surface area (Å²) in [5.41, 5.74) is 0.944. The topological polar surface area (TPSA) is 104 Å². The lowest BCUT2D eigenvalue weighted by molar-refractivity contribution is -0.140. The number of carbonyl (C=O) groups excluding carboxylic acids is 3. The second-order valence-corrected chi connectivity index (χ2v) is 10.4. The Morgan fingerprint density at radius 1 is 1.12 bits per heavy atom. The highest BCUT2D eigenvalue weighted by Crippen LogP contribution is 2.30. The molecule has 0 aromatic heterocycles. The molecule has 1 N–H and O–H groups in total. The number of hydrogen-bond donors (Lipinski definition) is 1. The van der Waals surface area contributed by atoms with Gasteiger partial charge in [0.05, 0.1) is 5.56 Å². The van der Waals surface area contributed by atoms with E-state index in [1.807, 2.05) is 6.92 Å². The Morgan fingerprint density at radius 3 is 2.44 bits per heavy atom. The molecule has 0 saturated heterocycles. The number of sulfonamides is 1. The van der Waals surface area contributed by atoms with Crippen LogP contribution in [0.3, 0.4) is 0 Å². The number of nitrogens with zero attached hydrogens (tertiary/aromatic N) is 2. The third-order valence-corrected chi connectivity index (χ3v) is 7.74. The molecule has 1 atom stereocenters. The van der Waals surface area contributed by atoms with Crippen LogP contribution in [0.2, 0.25) is 5.02 Å². The van der Waals surface area contributed by atoms with Gasteiger partial charge in [0.2, 0.25) is 11.8 Å². The van der Waals surface area contributed by atoms with E-state index in [-0.39, 0.29) is 48.2 Å². The maximum absolute atomic E-state index is 13.1. The van der Waals surface area contributed by atoms with Crippen LogP contribution in [-0.4, -0.2) is 54.5 Å². The van der Waals surface area contributed by atoms with Crippen molar-refractivity contribution in [2.24, 2.45) is 0 Å². The Balaban J connectivity index is 1.69. The molecule has 2 aromatic carbocycles. The first kappa shape index (κ1) is 25.7. The predicted molar refractivity (Wildman–Crippen MR) is 129 cm³/mol. The minimum atomic E-state index is -3.92. The third-order valence-electron chi connectivity index (χ3n) is 5.65. The Hall–Kier alpha value is -2.91. The largest absolute Gasteiger partial charge is 0.354 e. The van der Waals surface area contributed by atoms with Crippen molar-refractivity contribution < 1.29 is 22.8 Å². The average molecular weight is 506 g/mol. The van der Waals surface area contributed by atoms with E-state index in [2.05, 4.69) is 5.32 Å². The lowest BCUT2D eigenvalue weighted by Crippen LogP contribution is -2.47. The second-order valence-electron chi connectivity index (χ2n) is 8.10. The van der Waals surface area contributed by atoms with Crippen LogP contribution < -0.4 is 5.32 Å². The van der Waals surface area contributed by atoms with Gasteiger partial charge in [-0.15, -0.1) is 0 Å². The number of nitrogens with one attached hydrogen (secondary N) is 1. The van der Waals surface area contributed by atoms with Crippen LogP contribution in [0.25, 0.3) is 0 Å². The van der Waals surface area contributed by atoms with Gasteiger partial charge in [0.1, 0.15) is 10.9 Å². The van der Waals surface area contributed by atoms with Gasteiger partial charge < -0.3 is 10.2 Å². The fraction of sp³-hybridized carbons (Fsp3) is 0.375. The van der Waals surface area contributed by atoms with E-state index in [4.69, 9.17) is 11.6 Å². The molecule has 182 valence electrons. The molecule has 0 spiro atoms. The van der Waals surface area contributed by atoms with E-state index in [1.54, 1.807) is 43.3 Å². The molecular weight excluding hydrogens is 478 g/mol. The van der Waals surface area contributed by atoms with Crippen molar-refractivity contribution in [2.75, 3.05) is 13.1 Å². The minimum Gasteiger partial charge on any atom is -0.354 e. The van der Waals surface area contributed by atoms with Gasteiger partial charge in [0, 0.05) is 31.1 Å². The van der Waals surface area contributed by atoms with Gasteiger partial charge >= 0.3 is 0 Å². The summed E-state index contributed by atoms with van der Waals surface area (Å²) in [6.07, 6.45) is 0.886. The number of fused-ring (bicyclic) bond motifs is 1. The maximum Gasteiger partial charge on any atom is 0.269 e. The van der Waals surface area contributed by atoms with Gasteiger partial charge in [-0.05, 0) is 49.6 Å². The van der Waals surface area contributed by atoms with E-state index in [1.165, 1.54) is 17.0 Å².